The van der Waals surface area contributed by atoms with Gasteiger partial charge >= 0.3 is 0 Å². The van der Waals surface area contributed by atoms with Gasteiger partial charge in [0.25, 0.3) is 5.91 Å². The van der Waals surface area contributed by atoms with E-state index in [1.54, 1.807) is 11.8 Å². The fourth-order valence-corrected chi connectivity index (χ4v) is 4.55. The van der Waals surface area contributed by atoms with Crippen LogP contribution in [0.3, 0.4) is 0 Å². The molecule has 136 valence electrons. The molecule has 0 saturated heterocycles. The second kappa shape index (κ2) is 6.35. The highest BCUT2D eigenvalue weighted by atomic mass is 32.2. The molecule has 1 amide bonds. The SMILES string of the molecule is Cn1nc(C(=O)NCc2ccc3c(c2)OCO3)c2c1-c1ccccc1SC2. The van der Waals surface area contributed by atoms with Gasteiger partial charge in [-0.25, -0.2) is 0 Å². The van der Waals surface area contributed by atoms with Crippen LogP contribution in [0.15, 0.2) is 47.4 Å². The summed E-state index contributed by atoms with van der Waals surface area (Å²) in [6.45, 7) is 0.648. The van der Waals surface area contributed by atoms with Crippen LogP contribution >= 0.6 is 11.8 Å². The van der Waals surface area contributed by atoms with E-state index >= 15 is 0 Å². The Morgan fingerprint density at radius 3 is 3.00 bits per heavy atom. The molecule has 0 atom stereocenters. The minimum Gasteiger partial charge on any atom is -0.454 e. The molecule has 6 nitrogen and oxygen atoms in total. The molecule has 2 aliphatic heterocycles. The van der Waals surface area contributed by atoms with Gasteiger partial charge < -0.3 is 14.8 Å². The number of fused-ring (bicyclic) bond motifs is 4. The molecule has 5 rings (SSSR count). The van der Waals surface area contributed by atoms with Crippen molar-refractivity contribution in [2.45, 2.75) is 17.2 Å². The highest BCUT2D eigenvalue weighted by molar-refractivity contribution is 7.98. The molecule has 0 saturated carbocycles. The van der Waals surface area contributed by atoms with Crippen LogP contribution in [0, 0.1) is 0 Å². The molecule has 0 radical (unpaired) electrons. The van der Waals surface area contributed by atoms with Crippen molar-refractivity contribution >= 4 is 17.7 Å². The summed E-state index contributed by atoms with van der Waals surface area (Å²) in [5.41, 5.74) is 4.60. The van der Waals surface area contributed by atoms with Crippen molar-refractivity contribution in [3.8, 4) is 22.8 Å². The smallest absolute Gasteiger partial charge is 0.272 e. The molecule has 3 aromatic rings. The number of benzene rings is 2. The Bertz CT molecular complexity index is 1060. The van der Waals surface area contributed by atoms with E-state index in [0.29, 0.717) is 18.0 Å². The maximum atomic E-state index is 12.8. The highest BCUT2D eigenvalue weighted by Crippen LogP contribution is 2.42. The molecule has 2 aromatic carbocycles. The predicted octanol–water partition coefficient (Wildman–Crippen LogP) is 3.35. The Hall–Kier alpha value is -2.93. The largest absolute Gasteiger partial charge is 0.454 e. The number of ether oxygens (including phenoxy) is 2. The second-order valence-electron chi connectivity index (χ2n) is 6.45. The van der Waals surface area contributed by atoms with E-state index in [9.17, 15) is 4.79 Å². The van der Waals surface area contributed by atoms with Crippen LogP contribution in [0.2, 0.25) is 0 Å². The van der Waals surface area contributed by atoms with Gasteiger partial charge in [0.1, 0.15) is 0 Å². The van der Waals surface area contributed by atoms with E-state index in [4.69, 9.17) is 9.47 Å². The molecule has 3 heterocycles. The Balaban J connectivity index is 1.39. The van der Waals surface area contributed by atoms with Crippen LogP contribution in [0.5, 0.6) is 11.5 Å². The summed E-state index contributed by atoms with van der Waals surface area (Å²) < 4.78 is 12.5. The van der Waals surface area contributed by atoms with Gasteiger partial charge in [0.05, 0.1) is 5.69 Å². The molecular weight excluding hydrogens is 362 g/mol. The number of aryl methyl sites for hydroxylation is 1. The molecule has 2 aliphatic rings. The molecule has 0 bridgehead atoms. The third-order valence-corrected chi connectivity index (χ3v) is 5.86. The lowest BCUT2D eigenvalue weighted by molar-refractivity contribution is 0.0944. The number of hydrogen-bond donors (Lipinski definition) is 1. The van der Waals surface area contributed by atoms with E-state index < -0.39 is 0 Å². The van der Waals surface area contributed by atoms with Crippen molar-refractivity contribution in [1.29, 1.82) is 0 Å². The van der Waals surface area contributed by atoms with Crippen LogP contribution in [-0.4, -0.2) is 22.5 Å². The van der Waals surface area contributed by atoms with E-state index in [0.717, 1.165) is 33.9 Å². The molecule has 27 heavy (non-hydrogen) atoms. The Morgan fingerprint density at radius 2 is 2.07 bits per heavy atom. The average molecular weight is 379 g/mol. The molecular formula is C20H17N3O3S. The van der Waals surface area contributed by atoms with Crippen LogP contribution in [0.25, 0.3) is 11.3 Å². The maximum absolute atomic E-state index is 12.8. The summed E-state index contributed by atoms with van der Waals surface area (Å²) in [6, 6.07) is 13.9. The lowest BCUT2D eigenvalue weighted by atomic mass is 10.1. The molecule has 1 aromatic heterocycles. The Kier molecular flexibility index (Phi) is 3.82. The summed E-state index contributed by atoms with van der Waals surface area (Å²) in [5, 5.41) is 7.48. The standard InChI is InChI=1S/C20H17N3O3S/c1-23-19-13-4-2-3-5-17(13)27-10-14(19)18(22-23)20(24)21-9-12-6-7-15-16(8-12)26-11-25-15/h2-8H,9-11H2,1H3,(H,21,24). The number of nitrogens with one attached hydrogen (secondary N) is 1. The van der Waals surface area contributed by atoms with E-state index in [2.05, 4.69) is 22.5 Å². The highest BCUT2D eigenvalue weighted by Gasteiger charge is 2.27. The van der Waals surface area contributed by atoms with E-state index in [1.807, 2.05) is 42.1 Å². The van der Waals surface area contributed by atoms with Crippen LogP contribution in [-0.2, 0) is 19.3 Å². The van der Waals surface area contributed by atoms with Gasteiger partial charge in [-0.3, -0.25) is 9.48 Å². The number of carbonyl (C=O) groups is 1. The first kappa shape index (κ1) is 16.3. The number of aromatic nitrogens is 2. The van der Waals surface area contributed by atoms with Crippen molar-refractivity contribution in [3.63, 3.8) is 0 Å². The monoisotopic (exact) mass is 379 g/mol. The van der Waals surface area contributed by atoms with Crippen LogP contribution in [0.4, 0.5) is 0 Å². The lowest BCUT2D eigenvalue weighted by Gasteiger charge is -2.17. The predicted molar refractivity (Wildman–Crippen MR) is 102 cm³/mol. The number of hydrogen-bond acceptors (Lipinski definition) is 5. The summed E-state index contributed by atoms with van der Waals surface area (Å²) in [7, 11) is 1.89. The number of amides is 1. The van der Waals surface area contributed by atoms with Crippen molar-refractivity contribution < 1.29 is 14.3 Å². The van der Waals surface area contributed by atoms with Crippen molar-refractivity contribution in [1.82, 2.24) is 15.1 Å². The van der Waals surface area contributed by atoms with Gasteiger partial charge in [-0.2, -0.15) is 5.10 Å². The van der Waals surface area contributed by atoms with Crippen molar-refractivity contribution in [2.75, 3.05) is 6.79 Å². The summed E-state index contributed by atoms with van der Waals surface area (Å²) >= 11 is 1.74. The molecule has 7 heteroatoms. The molecule has 1 N–H and O–H groups in total. The van der Waals surface area contributed by atoms with Gasteiger partial charge in [-0.15, -0.1) is 11.8 Å². The van der Waals surface area contributed by atoms with Gasteiger partial charge in [0.15, 0.2) is 17.2 Å². The first-order valence-electron chi connectivity index (χ1n) is 8.65. The maximum Gasteiger partial charge on any atom is 0.272 e. The first-order valence-corrected chi connectivity index (χ1v) is 9.64. The lowest BCUT2D eigenvalue weighted by Crippen LogP contribution is -2.24. The topological polar surface area (TPSA) is 65.4 Å². The Morgan fingerprint density at radius 1 is 1.22 bits per heavy atom. The number of nitrogens with zero attached hydrogens (tertiary/aromatic N) is 2. The van der Waals surface area contributed by atoms with Gasteiger partial charge in [0.2, 0.25) is 6.79 Å². The summed E-state index contributed by atoms with van der Waals surface area (Å²) in [4.78, 5) is 14.0. The second-order valence-corrected chi connectivity index (χ2v) is 7.47. The van der Waals surface area contributed by atoms with Gasteiger partial charge in [-0.05, 0) is 23.8 Å². The molecule has 0 spiro atoms. The molecule has 0 aliphatic carbocycles. The molecule has 0 unspecified atom stereocenters. The average Bonchev–Trinajstić information content (AvgIpc) is 3.30. The number of carbonyl (C=O) groups excluding carboxylic acids is 1. The quantitative estimate of drug-likeness (QED) is 0.756. The third-order valence-electron chi connectivity index (χ3n) is 4.76. The van der Waals surface area contributed by atoms with Crippen LogP contribution in [0.1, 0.15) is 21.6 Å². The minimum absolute atomic E-state index is 0.163. The van der Waals surface area contributed by atoms with E-state index in [1.165, 1.54) is 4.90 Å². The fourth-order valence-electron chi connectivity index (χ4n) is 3.48. The fraction of sp³-hybridized carbons (Fsp3) is 0.200. The molecule has 0 fully saturated rings. The minimum atomic E-state index is -0.163. The summed E-state index contributed by atoms with van der Waals surface area (Å²) in [6.07, 6.45) is 0. The van der Waals surface area contributed by atoms with Crippen LogP contribution < -0.4 is 14.8 Å². The summed E-state index contributed by atoms with van der Waals surface area (Å²) in [5.74, 6) is 2.03. The third kappa shape index (κ3) is 2.75. The van der Waals surface area contributed by atoms with Gasteiger partial charge in [-0.1, -0.05) is 24.3 Å². The van der Waals surface area contributed by atoms with Crippen molar-refractivity contribution in [2.24, 2.45) is 7.05 Å². The van der Waals surface area contributed by atoms with E-state index in [-0.39, 0.29) is 12.7 Å². The zero-order valence-electron chi connectivity index (χ0n) is 14.7. The first-order chi connectivity index (χ1) is 13.2. The number of rotatable bonds is 3. The Labute approximate surface area is 160 Å². The zero-order chi connectivity index (χ0) is 18.4. The number of thioether (sulfide) groups is 1. The normalized spacial score (nSPS) is 13.8. The van der Waals surface area contributed by atoms with Gasteiger partial charge in [0, 0.05) is 35.4 Å². The van der Waals surface area contributed by atoms with Crippen molar-refractivity contribution in [3.05, 3.63) is 59.3 Å². The zero-order valence-corrected chi connectivity index (χ0v) is 15.5.